The maximum atomic E-state index is 14.1. The van der Waals surface area contributed by atoms with Crippen LogP contribution in [0, 0.1) is 6.92 Å². The first-order valence-corrected chi connectivity index (χ1v) is 12.1. The van der Waals surface area contributed by atoms with Crippen molar-refractivity contribution in [1.29, 1.82) is 0 Å². The number of nitrogens with one attached hydrogen (secondary N) is 1. The number of carboxylic acid groups (broad SMARTS) is 1. The first-order chi connectivity index (χ1) is 17.8. The molecule has 4 rings (SSSR count). The summed E-state index contributed by atoms with van der Waals surface area (Å²) in [6, 6.07) is 19.8. The first-order valence-electron chi connectivity index (χ1n) is 12.1. The monoisotopic (exact) mass is 491 g/mol. The molecule has 0 radical (unpaired) electrons. The minimum atomic E-state index is -1.02. The number of carboxylic acids is 1. The van der Waals surface area contributed by atoms with Crippen molar-refractivity contribution in [2.75, 3.05) is 5.32 Å². The van der Waals surface area contributed by atoms with Gasteiger partial charge in [0.15, 0.2) is 0 Å². The molecule has 0 fully saturated rings. The molecule has 0 aliphatic rings. The SMILES string of the molecule is C=C/C=C\C(=C/C)c1c(-c2ccccc2)oc2c(C(C)Nc3ccccc3C(=O)O)cc(C)cc2c1=O. The number of allylic oxidation sites excluding steroid dienone is 5. The predicted molar refractivity (Wildman–Crippen MR) is 151 cm³/mol. The molecular weight excluding hydrogens is 462 g/mol. The second-order valence-electron chi connectivity index (χ2n) is 8.79. The molecule has 4 aromatic rings. The molecule has 0 spiro atoms. The molecule has 5 nitrogen and oxygen atoms in total. The Kier molecular flexibility index (Phi) is 7.54. The van der Waals surface area contributed by atoms with Crippen LogP contribution >= 0.6 is 0 Å². The lowest BCUT2D eigenvalue weighted by Crippen LogP contribution is -2.15. The van der Waals surface area contributed by atoms with Gasteiger partial charge in [0.05, 0.1) is 22.6 Å². The molecule has 1 aromatic heterocycles. The van der Waals surface area contributed by atoms with Crippen molar-refractivity contribution in [3.8, 4) is 11.3 Å². The van der Waals surface area contributed by atoms with E-state index in [4.69, 9.17) is 4.42 Å². The van der Waals surface area contributed by atoms with Gasteiger partial charge in [-0.05, 0) is 50.1 Å². The van der Waals surface area contributed by atoms with Crippen LogP contribution in [-0.2, 0) is 0 Å². The van der Waals surface area contributed by atoms with Gasteiger partial charge in [-0.2, -0.15) is 0 Å². The normalized spacial score (nSPS) is 12.6. The molecule has 1 heterocycles. The smallest absolute Gasteiger partial charge is 0.337 e. The molecule has 2 N–H and O–H groups in total. The maximum absolute atomic E-state index is 14.1. The highest BCUT2D eigenvalue weighted by atomic mass is 16.4. The van der Waals surface area contributed by atoms with Gasteiger partial charge < -0.3 is 14.8 Å². The third kappa shape index (κ3) is 5.16. The lowest BCUT2D eigenvalue weighted by molar-refractivity contribution is 0.0698. The van der Waals surface area contributed by atoms with E-state index >= 15 is 0 Å². The average Bonchev–Trinajstić information content (AvgIpc) is 2.90. The van der Waals surface area contributed by atoms with Gasteiger partial charge in [0, 0.05) is 16.8 Å². The highest BCUT2D eigenvalue weighted by Gasteiger charge is 2.22. The standard InChI is InChI=1S/C32H29NO4/c1-5-7-13-22(6-2)28-29(34)26-19-20(3)18-25(31(26)37-30(28)23-14-9-8-10-15-23)21(4)33-27-17-12-11-16-24(27)32(35)36/h5-19,21,33H,1H2,2-4H3,(H,35,36)/b13-7-,22-6+. The van der Waals surface area contributed by atoms with Gasteiger partial charge in [0.25, 0.3) is 0 Å². The van der Waals surface area contributed by atoms with Crippen molar-refractivity contribution in [2.24, 2.45) is 0 Å². The predicted octanol–water partition coefficient (Wildman–Crippen LogP) is 7.79. The van der Waals surface area contributed by atoms with Crippen molar-refractivity contribution >= 4 is 28.2 Å². The molecule has 3 aromatic carbocycles. The maximum Gasteiger partial charge on any atom is 0.337 e. The van der Waals surface area contributed by atoms with Gasteiger partial charge >= 0.3 is 5.97 Å². The Morgan fingerprint density at radius 2 is 1.78 bits per heavy atom. The summed E-state index contributed by atoms with van der Waals surface area (Å²) in [4.78, 5) is 25.8. The Bertz CT molecular complexity index is 1590. The van der Waals surface area contributed by atoms with Gasteiger partial charge in [-0.25, -0.2) is 4.79 Å². The fraction of sp³-hybridized carbons (Fsp3) is 0.125. The van der Waals surface area contributed by atoms with Crippen LogP contribution in [-0.4, -0.2) is 11.1 Å². The molecule has 186 valence electrons. The van der Waals surface area contributed by atoms with Gasteiger partial charge in [-0.1, -0.05) is 79.4 Å². The molecule has 0 amide bonds. The summed E-state index contributed by atoms with van der Waals surface area (Å²) in [6.07, 6.45) is 7.19. The molecule has 5 heteroatoms. The van der Waals surface area contributed by atoms with E-state index in [-0.39, 0.29) is 17.0 Å². The summed E-state index contributed by atoms with van der Waals surface area (Å²) in [6.45, 7) is 9.49. The van der Waals surface area contributed by atoms with Gasteiger partial charge in [-0.15, -0.1) is 0 Å². The fourth-order valence-corrected chi connectivity index (χ4v) is 4.45. The van der Waals surface area contributed by atoms with Crippen molar-refractivity contribution in [3.05, 3.63) is 130 Å². The summed E-state index contributed by atoms with van der Waals surface area (Å²) in [5, 5.41) is 13.4. The minimum absolute atomic E-state index is 0.134. The van der Waals surface area contributed by atoms with Crippen molar-refractivity contribution in [2.45, 2.75) is 26.8 Å². The number of aromatic carboxylic acids is 1. The quantitative estimate of drug-likeness (QED) is 0.246. The van der Waals surface area contributed by atoms with Gasteiger partial charge in [0.2, 0.25) is 5.43 Å². The Balaban J connectivity index is 1.99. The molecular formula is C32H29NO4. The number of hydrogen-bond acceptors (Lipinski definition) is 4. The third-order valence-corrected chi connectivity index (χ3v) is 6.21. The van der Waals surface area contributed by atoms with E-state index in [2.05, 4.69) is 11.9 Å². The number of carbonyl (C=O) groups is 1. The molecule has 37 heavy (non-hydrogen) atoms. The van der Waals surface area contributed by atoms with Gasteiger partial charge in [-0.3, -0.25) is 4.79 Å². The van der Waals surface area contributed by atoms with E-state index in [1.807, 2.05) is 75.4 Å². The van der Waals surface area contributed by atoms with E-state index in [0.717, 1.165) is 22.3 Å². The average molecular weight is 492 g/mol. The summed E-state index contributed by atoms with van der Waals surface area (Å²) in [5.41, 5.74) is 4.66. The summed E-state index contributed by atoms with van der Waals surface area (Å²) < 4.78 is 6.59. The largest absolute Gasteiger partial charge is 0.478 e. The van der Waals surface area contributed by atoms with Crippen molar-refractivity contribution < 1.29 is 14.3 Å². The molecule has 1 atom stereocenters. The van der Waals surface area contributed by atoms with Crippen molar-refractivity contribution in [3.63, 3.8) is 0 Å². The number of para-hydroxylation sites is 1. The Morgan fingerprint density at radius 3 is 2.46 bits per heavy atom. The number of aryl methyl sites for hydroxylation is 1. The third-order valence-electron chi connectivity index (χ3n) is 6.21. The highest BCUT2D eigenvalue weighted by molar-refractivity contribution is 5.95. The Labute approximate surface area is 216 Å². The molecule has 0 saturated heterocycles. The van der Waals surface area contributed by atoms with Crippen LogP contribution in [0.15, 0.2) is 107 Å². The summed E-state index contributed by atoms with van der Waals surface area (Å²) in [7, 11) is 0. The van der Waals surface area contributed by atoms with Crippen molar-refractivity contribution in [1.82, 2.24) is 0 Å². The second-order valence-corrected chi connectivity index (χ2v) is 8.79. The number of anilines is 1. The van der Waals surface area contributed by atoms with Crippen LogP contribution in [0.3, 0.4) is 0 Å². The Morgan fingerprint density at radius 1 is 1.08 bits per heavy atom. The van der Waals surface area contributed by atoms with E-state index in [0.29, 0.717) is 28.0 Å². The number of rotatable bonds is 8. The minimum Gasteiger partial charge on any atom is -0.478 e. The van der Waals surface area contributed by atoms with Gasteiger partial charge in [0.1, 0.15) is 11.3 Å². The van der Waals surface area contributed by atoms with E-state index < -0.39 is 5.97 Å². The molecule has 0 bridgehead atoms. The van der Waals surface area contributed by atoms with Crippen LogP contribution < -0.4 is 10.7 Å². The highest BCUT2D eigenvalue weighted by Crippen LogP contribution is 2.35. The van der Waals surface area contributed by atoms with Crippen LogP contribution in [0.5, 0.6) is 0 Å². The molecule has 0 saturated carbocycles. The van der Waals surface area contributed by atoms with Crippen LogP contribution in [0.4, 0.5) is 5.69 Å². The van der Waals surface area contributed by atoms with Crippen LogP contribution in [0.1, 0.15) is 46.9 Å². The molecule has 0 aliphatic carbocycles. The van der Waals surface area contributed by atoms with E-state index in [1.54, 1.807) is 36.4 Å². The molecule has 1 unspecified atom stereocenters. The van der Waals surface area contributed by atoms with E-state index in [9.17, 15) is 14.7 Å². The molecule has 0 aliphatic heterocycles. The number of benzene rings is 3. The van der Waals surface area contributed by atoms with Crippen LogP contribution in [0.2, 0.25) is 0 Å². The summed E-state index contributed by atoms with van der Waals surface area (Å²) >= 11 is 0. The number of hydrogen-bond donors (Lipinski definition) is 2. The zero-order valence-electron chi connectivity index (χ0n) is 21.1. The zero-order chi connectivity index (χ0) is 26.5. The fourth-order valence-electron chi connectivity index (χ4n) is 4.45. The van der Waals surface area contributed by atoms with E-state index in [1.165, 1.54) is 0 Å². The van der Waals surface area contributed by atoms with Crippen LogP contribution in [0.25, 0.3) is 27.9 Å². The topological polar surface area (TPSA) is 79.5 Å². The number of fused-ring (bicyclic) bond motifs is 1. The zero-order valence-corrected chi connectivity index (χ0v) is 21.1. The Hall–Kier alpha value is -4.64. The lowest BCUT2D eigenvalue weighted by Gasteiger charge is -2.20. The second kappa shape index (κ2) is 11.0. The summed E-state index contributed by atoms with van der Waals surface area (Å²) in [5.74, 6) is -0.540. The first kappa shape index (κ1) is 25.5. The lowest BCUT2D eigenvalue weighted by atomic mass is 9.95.